The number of carbonyl (C=O) groups excluding carboxylic acids is 2. The Hall–Kier alpha value is -4.05. The molecule has 0 fully saturated rings. The first-order chi connectivity index (χ1) is 22.0. The second-order valence-corrected chi connectivity index (χ2v) is 13.8. The van der Waals surface area contributed by atoms with Crippen molar-refractivity contribution >= 4 is 50.7 Å². The summed E-state index contributed by atoms with van der Waals surface area (Å²) in [6.07, 6.45) is 0.205. The average Bonchev–Trinajstić information content (AvgIpc) is 3.04. The van der Waals surface area contributed by atoms with Crippen LogP contribution in [0.15, 0.2) is 108 Å². The predicted molar refractivity (Wildman–Crippen MR) is 183 cm³/mol. The first kappa shape index (κ1) is 34.8. The molecule has 4 rings (SSSR count). The van der Waals surface area contributed by atoms with Crippen molar-refractivity contribution in [2.75, 3.05) is 24.5 Å². The van der Waals surface area contributed by atoms with Crippen LogP contribution in [0.5, 0.6) is 5.75 Å². The lowest BCUT2D eigenvalue weighted by atomic mass is 10.0. The standard InChI is InChI=1S/C35H37Cl2N3O5S/c1-25(2)22-38-35(42)32(20-26-11-6-4-7-12-26)39(23-27-13-10-14-28(36)19-27)34(41)24-40(29-17-18-33(45-3)31(37)21-29)46(43,44)30-15-8-5-9-16-30/h4-19,21,25,32H,20,22-24H2,1-3H3,(H,38,42). The number of rotatable bonds is 14. The third kappa shape index (κ3) is 9.02. The molecule has 0 saturated carbocycles. The zero-order valence-corrected chi connectivity index (χ0v) is 28.2. The van der Waals surface area contributed by atoms with Crippen molar-refractivity contribution in [1.29, 1.82) is 0 Å². The fourth-order valence-electron chi connectivity index (χ4n) is 4.87. The smallest absolute Gasteiger partial charge is 0.264 e. The van der Waals surface area contributed by atoms with E-state index in [9.17, 15) is 18.0 Å². The molecule has 0 aromatic heterocycles. The van der Waals surface area contributed by atoms with Crippen molar-refractivity contribution in [1.82, 2.24) is 10.2 Å². The highest BCUT2D eigenvalue weighted by molar-refractivity contribution is 7.92. The lowest BCUT2D eigenvalue weighted by Crippen LogP contribution is -2.53. The van der Waals surface area contributed by atoms with Gasteiger partial charge in [-0.1, -0.05) is 97.7 Å². The van der Waals surface area contributed by atoms with Crippen molar-refractivity contribution in [3.05, 3.63) is 124 Å². The molecular weight excluding hydrogens is 645 g/mol. The molecule has 0 radical (unpaired) electrons. The number of benzene rings is 4. The summed E-state index contributed by atoms with van der Waals surface area (Å²) in [4.78, 5) is 29.8. The zero-order valence-electron chi connectivity index (χ0n) is 25.9. The quantitative estimate of drug-likeness (QED) is 0.162. The molecule has 0 bridgehead atoms. The predicted octanol–water partition coefficient (Wildman–Crippen LogP) is 6.61. The van der Waals surface area contributed by atoms with E-state index in [2.05, 4.69) is 5.32 Å². The molecule has 0 aliphatic carbocycles. The minimum Gasteiger partial charge on any atom is -0.495 e. The van der Waals surface area contributed by atoms with Crippen LogP contribution in [0.3, 0.4) is 0 Å². The maximum atomic E-state index is 14.5. The Labute approximate surface area is 280 Å². The molecule has 0 spiro atoms. The van der Waals surface area contributed by atoms with Gasteiger partial charge in [-0.2, -0.15) is 0 Å². The molecule has 0 aliphatic rings. The molecule has 1 unspecified atom stereocenters. The number of hydrogen-bond acceptors (Lipinski definition) is 5. The summed E-state index contributed by atoms with van der Waals surface area (Å²) in [5.41, 5.74) is 1.68. The number of sulfonamides is 1. The van der Waals surface area contributed by atoms with Gasteiger partial charge in [0.2, 0.25) is 11.8 Å². The number of hydrogen-bond donors (Lipinski definition) is 1. The molecule has 0 heterocycles. The summed E-state index contributed by atoms with van der Waals surface area (Å²) in [6.45, 7) is 3.77. The number of ether oxygens (including phenoxy) is 1. The van der Waals surface area contributed by atoms with Gasteiger partial charge < -0.3 is 15.0 Å². The van der Waals surface area contributed by atoms with Gasteiger partial charge >= 0.3 is 0 Å². The normalized spacial score (nSPS) is 12.0. The van der Waals surface area contributed by atoms with Crippen molar-refractivity contribution < 1.29 is 22.7 Å². The van der Waals surface area contributed by atoms with E-state index in [0.29, 0.717) is 22.9 Å². The lowest BCUT2D eigenvalue weighted by molar-refractivity contribution is -0.140. The Kier molecular flexibility index (Phi) is 12.1. The molecule has 0 aliphatic heterocycles. The fraction of sp³-hybridized carbons (Fsp3) is 0.257. The van der Waals surface area contributed by atoms with Crippen molar-refractivity contribution in [2.24, 2.45) is 5.92 Å². The molecule has 0 saturated heterocycles. The molecular formula is C35H37Cl2N3O5S. The van der Waals surface area contributed by atoms with Crippen LogP contribution in [-0.4, -0.2) is 51.4 Å². The van der Waals surface area contributed by atoms with E-state index < -0.39 is 28.5 Å². The van der Waals surface area contributed by atoms with E-state index in [-0.39, 0.29) is 40.4 Å². The number of nitrogens with one attached hydrogen (secondary N) is 1. The molecule has 11 heteroatoms. The Morgan fingerprint density at radius 1 is 0.848 bits per heavy atom. The van der Waals surface area contributed by atoms with Crippen LogP contribution in [0.1, 0.15) is 25.0 Å². The first-order valence-electron chi connectivity index (χ1n) is 14.8. The van der Waals surface area contributed by atoms with Gasteiger partial charge in [0.1, 0.15) is 18.3 Å². The second kappa shape index (κ2) is 16.0. The second-order valence-electron chi connectivity index (χ2n) is 11.1. The maximum absolute atomic E-state index is 14.5. The van der Waals surface area contributed by atoms with Gasteiger partial charge in [-0.3, -0.25) is 13.9 Å². The van der Waals surface area contributed by atoms with Crippen molar-refractivity contribution in [2.45, 2.75) is 37.8 Å². The topological polar surface area (TPSA) is 96.0 Å². The van der Waals surface area contributed by atoms with Crippen molar-refractivity contribution in [3.8, 4) is 5.75 Å². The minimum absolute atomic E-state index is 0.00774. The molecule has 46 heavy (non-hydrogen) atoms. The molecule has 4 aromatic carbocycles. The number of halogens is 2. The lowest BCUT2D eigenvalue weighted by Gasteiger charge is -2.34. The Bertz CT molecular complexity index is 1740. The highest BCUT2D eigenvalue weighted by Crippen LogP contribution is 2.32. The van der Waals surface area contributed by atoms with Crippen molar-refractivity contribution in [3.63, 3.8) is 0 Å². The van der Waals surface area contributed by atoms with E-state index in [1.807, 2.05) is 44.2 Å². The third-order valence-electron chi connectivity index (χ3n) is 7.23. The zero-order chi connectivity index (χ0) is 33.3. The molecule has 1 atom stereocenters. The van der Waals surface area contributed by atoms with E-state index in [1.165, 1.54) is 42.3 Å². The monoisotopic (exact) mass is 681 g/mol. The van der Waals surface area contributed by atoms with Gasteiger partial charge in [0.05, 0.1) is 22.7 Å². The Morgan fingerprint density at radius 3 is 2.11 bits per heavy atom. The van der Waals surface area contributed by atoms with E-state index in [0.717, 1.165) is 9.87 Å². The summed E-state index contributed by atoms with van der Waals surface area (Å²) in [6, 6.07) is 27.7. The summed E-state index contributed by atoms with van der Waals surface area (Å²) in [7, 11) is -2.81. The van der Waals surface area contributed by atoms with E-state index in [1.54, 1.807) is 42.5 Å². The maximum Gasteiger partial charge on any atom is 0.264 e. The van der Waals surface area contributed by atoms with Crippen LogP contribution in [0.4, 0.5) is 5.69 Å². The number of nitrogens with zero attached hydrogens (tertiary/aromatic N) is 2. The largest absolute Gasteiger partial charge is 0.495 e. The number of carbonyl (C=O) groups is 2. The average molecular weight is 683 g/mol. The summed E-state index contributed by atoms with van der Waals surface area (Å²) in [5.74, 6) is -0.421. The number of anilines is 1. The Balaban J connectivity index is 1.81. The van der Waals surface area contributed by atoms with Crippen LogP contribution >= 0.6 is 23.2 Å². The minimum atomic E-state index is -4.26. The van der Waals surface area contributed by atoms with Gasteiger partial charge in [-0.15, -0.1) is 0 Å². The van der Waals surface area contributed by atoms with Crippen LogP contribution in [0.25, 0.3) is 0 Å². The molecule has 242 valence electrons. The highest BCUT2D eigenvalue weighted by Gasteiger charge is 2.35. The van der Waals surface area contributed by atoms with Crippen LogP contribution < -0.4 is 14.4 Å². The van der Waals surface area contributed by atoms with Crippen LogP contribution in [0, 0.1) is 5.92 Å². The SMILES string of the molecule is COc1ccc(N(CC(=O)N(Cc2cccc(Cl)c2)C(Cc2ccccc2)C(=O)NCC(C)C)S(=O)(=O)c2ccccc2)cc1Cl. The summed E-state index contributed by atoms with van der Waals surface area (Å²) >= 11 is 12.7. The van der Waals surface area contributed by atoms with Gasteiger partial charge in [0, 0.05) is 24.5 Å². The highest BCUT2D eigenvalue weighted by atomic mass is 35.5. The van der Waals surface area contributed by atoms with Crippen LogP contribution in [0.2, 0.25) is 10.0 Å². The van der Waals surface area contributed by atoms with Gasteiger partial charge in [0.15, 0.2) is 0 Å². The third-order valence-corrected chi connectivity index (χ3v) is 9.55. The van der Waals surface area contributed by atoms with Gasteiger partial charge in [-0.05, 0) is 59.5 Å². The number of methoxy groups -OCH3 is 1. The molecule has 8 nitrogen and oxygen atoms in total. The molecule has 4 aromatic rings. The summed E-state index contributed by atoms with van der Waals surface area (Å²) < 4.78 is 34.5. The Morgan fingerprint density at radius 2 is 1.50 bits per heavy atom. The first-order valence-corrected chi connectivity index (χ1v) is 17.0. The summed E-state index contributed by atoms with van der Waals surface area (Å²) in [5, 5.41) is 3.61. The van der Waals surface area contributed by atoms with Crippen LogP contribution in [-0.2, 0) is 32.6 Å². The van der Waals surface area contributed by atoms with E-state index >= 15 is 0 Å². The number of amides is 2. The molecule has 2 amide bonds. The van der Waals surface area contributed by atoms with Gasteiger partial charge in [-0.25, -0.2) is 8.42 Å². The fourth-order valence-corrected chi connectivity index (χ4v) is 6.76. The van der Waals surface area contributed by atoms with Gasteiger partial charge in [0.25, 0.3) is 10.0 Å². The van der Waals surface area contributed by atoms with E-state index in [4.69, 9.17) is 27.9 Å². The molecule has 1 N–H and O–H groups in total.